The van der Waals surface area contributed by atoms with E-state index in [2.05, 4.69) is 36.4 Å². The number of rotatable bonds is 6. The standard InChI is InChI=1S/C23H21BrN6O2/c1-15(11-12-16-7-4-3-5-8-16)27-28-22-25-20-19(21(31)26-23(32)29(20)2)30(22)14-17-9-6-10-18(24)13-17/h3-13H,14H2,1-2H3,(H,25,28)(H,26,31,32)/b12-11+,27-15-. The average Bonchev–Trinajstić information content (AvgIpc) is 3.14. The summed E-state index contributed by atoms with van der Waals surface area (Å²) in [6, 6.07) is 17.7. The van der Waals surface area contributed by atoms with E-state index in [9.17, 15) is 9.59 Å². The Kier molecular flexibility index (Phi) is 6.18. The number of hydrogen-bond donors (Lipinski definition) is 2. The van der Waals surface area contributed by atoms with Gasteiger partial charge in [0.25, 0.3) is 5.56 Å². The highest BCUT2D eigenvalue weighted by atomic mass is 79.9. The maximum atomic E-state index is 12.6. The molecule has 2 heterocycles. The number of nitrogens with zero attached hydrogens (tertiary/aromatic N) is 4. The van der Waals surface area contributed by atoms with Gasteiger partial charge in [-0.1, -0.05) is 64.5 Å². The van der Waals surface area contributed by atoms with Crippen molar-refractivity contribution in [3.63, 3.8) is 0 Å². The molecule has 4 rings (SSSR count). The van der Waals surface area contributed by atoms with E-state index in [0.29, 0.717) is 18.0 Å². The molecule has 2 N–H and O–H groups in total. The zero-order valence-corrected chi connectivity index (χ0v) is 19.1. The summed E-state index contributed by atoms with van der Waals surface area (Å²) < 4.78 is 3.95. The molecule has 2 aromatic carbocycles. The van der Waals surface area contributed by atoms with Crippen LogP contribution in [0.25, 0.3) is 17.2 Å². The maximum Gasteiger partial charge on any atom is 0.329 e. The zero-order chi connectivity index (χ0) is 22.7. The molecular weight excluding hydrogens is 472 g/mol. The molecule has 0 unspecified atom stereocenters. The molecule has 4 aromatic rings. The first-order valence-electron chi connectivity index (χ1n) is 9.90. The molecule has 8 nitrogen and oxygen atoms in total. The molecule has 0 aliphatic rings. The predicted molar refractivity (Wildman–Crippen MR) is 131 cm³/mol. The smallest absolute Gasteiger partial charge is 0.298 e. The van der Waals surface area contributed by atoms with Crippen molar-refractivity contribution < 1.29 is 0 Å². The number of hydrogen-bond acceptors (Lipinski definition) is 5. The Morgan fingerprint density at radius 3 is 2.72 bits per heavy atom. The number of imidazole rings is 1. The molecule has 0 saturated carbocycles. The molecule has 0 bridgehead atoms. The minimum atomic E-state index is -0.522. The summed E-state index contributed by atoms with van der Waals surface area (Å²) in [6.45, 7) is 2.23. The Bertz CT molecular complexity index is 1450. The van der Waals surface area contributed by atoms with Gasteiger partial charge in [0.15, 0.2) is 11.2 Å². The Morgan fingerprint density at radius 1 is 1.19 bits per heavy atom. The lowest BCUT2D eigenvalue weighted by molar-refractivity contribution is 0.808. The van der Waals surface area contributed by atoms with Gasteiger partial charge in [0, 0.05) is 11.5 Å². The SMILES string of the molecule is CC(/C=C/c1ccccc1)=N/Nc1nc2c(c(=O)[nH]c(=O)n2C)n1Cc1cccc(Br)c1. The van der Waals surface area contributed by atoms with Gasteiger partial charge in [0.2, 0.25) is 5.95 Å². The van der Waals surface area contributed by atoms with Gasteiger partial charge in [0.05, 0.1) is 12.3 Å². The fraction of sp³-hybridized carbons (Fsp3) is 0.130. The van der Waals surface area contributed by atoms with Gasteiger partial charge < -0.3 is 0 Å². The molecule has 0 spiro atoms. The van der Waals surface area contributed by atoms with E-state index >= 15 is 0 Å². The Balaban J connectivity index is 1.73. The van der Waals surface area contributed by atoms with Crippen molar-refractivity contribution in [3.05, 3.63) is 97.1 Å². The van der Waals surface area contributed by atoms with E-state index in [1.165, 1.54) is 4.57 Å². The molecule has 0 aliphatic carbocycles. The third-order valence-electron chi connectivity index (χ3n) is 4.89. The van der Waals surface area contributed by atoms with Gasteiger partial charge in [-0.3, -0.25) is 18.9 Å². The third kappa shape index (κ3) is 4.62. The quantitative estimate of drug-likeness (QED) is 0.316. The first kappa shape index (κ1) is 21.5. The molecule has 2 aromatic heterocycles. The number of hydrazone groups is 1. The average molecular weight is 493 g/mol. The van der Waals surface area contributed by atoms with Crippen LogP contribution < -0.4 is 16.7 Å². The number of benzene rings is 2. The van der Waals surface area contributed by atoms with Crippen LogP contribution in [0.3, 0.4) is 0 Å². The summed E-state index contributed by atoms with van der Waals surface area (Å²) in [5.41, 5.74) is 5.25. The van der Waals surface area contributed by atoms with Crippen LogP contribution in [0.1, 0.15) is 18.1 Å². The van der Waals surface area contributed by atoms with Gasteiger partial charge >= 0.3 is 5.69 Å². The Labute approximate surface area is 192 Å². The van der Waals surface area contributed by atoms with Gasteiger partial charge in [-0.2, -0.15) is 10.1 Å². The summed E-state index contributed by atoms with van der Waals surface area (Å²) in [5.74, 6) is 0.360. The molecule has 0 aliphatic heterocycles. The van der Waals surface area contributed by atoms with E-state index in [1.807, 2.05) is 73.7 Å². The number of aryl methyl sites for hydroxylation is 1. The highest BCUT2D eigenvalue weighted by molar-refractivity contribution is 9.10. The lowest BCUT2D eigenvalue weighted by Crippen LogP contribution is -2.29. The number of aromatic amines is 1. The topological polar surface area (TPSA) is 97.1 Å². The summed E-state index contributed by atoms with van der Waals surface area (Å²) in [6.07, 6.45) is 3.84. The number of halogens is 1. The van der Waals surface area contributed by atoms with Crippen LogP contribution in [-0.4, -0.2) is 24.8 Å². The van der Waals surface area contributed by atoms with Crippen LogP contribution in [-0.2, 0) is 13.6 Å². The second-order valence-corrected chi connectivity index (χ2v) is 8.17. The van der Waals surface area contributed by atoms with Gasteiger partial charge in [0.1, 0.15) is 0 Å². The molecule has 0 fully saturated rings. The Hall–Kier alpha value is -3.72. The van der Waals surface area contributed by atoms with Crippen molar-refractivity contribution in [2.24, 2.45) is 12.1 Å². The molecule has 0 radical (unpaired) electrons. The fourth-order valence-corrected chi connectivity index (χ4v) is 3.69. The summed E-state index contributed by atoms with van der Waals surface area (Å²) in [7, 11) is 1.57. The zero-order valence-electron chi connectivity index (χ0n) is 17.5. The maximum absolute atomic E-state index is 12.6. The van der Waals surface area contributed by atoms with E-state index in [4.69, 9.17) is 0 Å². The van der Waals surface area contributed by atoms with Crippen molar-refractivity contribution in [3.8, 4) is 0 Å². The fourth-order valence-electron chi connectivity index (χ4n) is 3.25. The van der Waals surface area contributed by atoms with Gasteiger partial charge in [-0.15, -0.1) is 0 Å². The Morgan fingerprint density at radius 2 is 1.97 bits per heavy atom. The first-order valence-corrected chi connectivity index (χ1v) is 10.7. The van der Waals surface area contributed by atoms with Crippen molar-refractivity contribution in [1.29, 1.82) is 0 Å². The van der Waals surface area contributed by atoms with E-state index in [1.54, 1.807) is 11.6 Å². The molecular formula is C23H21BrN6O2. The predicted octanol–water partition coefficient (Wildman–Crippen LogP) is 3.74. The van der Waals surface area contributed by atoms with Crippen molar-refractivity contribution in [2.75, 3.05) is 5.43 Å². The van der Waals surface area contributed by atoms with Gasteiger partial charge in [-0.25, -0.2) is 10.2 Å². The van der Waals surface area contributed by atoms with Crippen molar-refractivity contribution >= 4 is 44.8 Å². The second kappa shape index (κ2) is 9.19. The summed E-state index contributed by atoms with van der Waals surface area (Å²) in [4.78, 5) is 31.5. The van der Waals surface area contributed by atoms with Crippen LogP contribution in [0.2, 0.25) is 0 Å². The molecule has 162 valence electrons. The van der Waals surface area contributed by atoms with Crippen LogP contribution in [0, 0.1) is 0 Å². The number of aromatic nitrogens is 4. The second-order valence-electron chi connectivity index (χ2n) is 7.25. The highest BCUT2D eigenvalue weighted by Crippen LogP contribution is 2.19. The normalized spacial score (nSPS) is 12.0. The number of anilines is 1. The van der Waals surface area contributed by atoms with Crippen LogP contribution in [0.5, 0.6) is 0 Å². The highest BCUT2D eigenvalue weighted by Gasteiger charge is 2.17. The molecule has 0 saturated heterocycles. The lowest BCUT2D eigenvalue weighted by Gasteiger charge is -2.09. The van der Waals surface area contributed by atoms with Crippen LogP contribution in [0.15, 0.2) is 79.8 Å². The first-order chi connectivity index (χ1) is 15.4. The monoisotopic (exact) mass is 492 g/mol. The molecule has 9 heteroatoms. The summed E-state index contributed by atoms with van der Waals surface area (Å²) >= 11 is 3.47. The van der Waals surface area contributed by atoms with E-state index in [0.717, 1.165) is 21.3 Å². The molecule has 0 amide bonds. The number of H-pyrrole nitrogens is 1. The number of nitrogens with one attached hydrogen (secondary N) is 2. The van der Waals surface area contributed by atoms with Gasteiger partial charge in [-0.05, 0) is 36.3 Å². The summed E-state index contributed by atoms with van der Waals surface area (Å²) in [5, 5.41) is 4.39. The minimum absolute atomic E-state index is 0.281. The van der Waals surface area contributed by atoms with E-state index in [-0.39, 0.29) is 5.65 Å². The van der Waals surface area contributed by atoms with E-state index < -0.39 is 11.2 Å². The molecule has 32 heavy (non-hydrogen) atoms. The number of fused-ring (bicyclic) bond motifs is 1. The molecule has 0 atom stereocenters. The van der Waals surface area contributed by atoms with Crippen molar-refractivity contribution in [1.82, 2.24) is 19.1 Å². The lowest BCUT2D eigenvalue weighted by atomic mass is 10.2. The number of allylic oxidation sites excluding steroid dienone is 1. The van der Waals surface area contributed by atoms with Crippen molar-refractivity contribution in [2.45, 2.75) is 13.5 Å². The van der Waals surface area contributed by atoms with Crippen LogP contribution >= 0.6 is 15.9 Å². The largest absolute Gasteiger partial charge is 0.329 e. The van der Waals surface area contributed by atoms with Crippen LogP contribution in [0.4, 0.5) is 5.95 Å². The minimum Gasteiger partial charge on any atom is -0.298 e. The third-order valence-corrected chi connectivity index (χ3v) is 5.38.